The third-order valence-electron chi connectivity index (χ3n) is 2.63. The summed E-state index contributed by atoms with van der Waals surface area (Å²) in [4.78, 5) is 0. The van der Waals surface area contributed by atoms with Gasteiger partial charge in [0.2, 0.25) is 0 Å². The molecule has 100 valence electrons. The van der Waals surface area contributed by atoms with Crippen LogP contribution in [0.4, 0.5) is 5.69 Å². The summed E-state index contributed by atoms with van der Waals surface area (Å²) in [5.74, 6) is 0.968. The highest BCUT2D eigenvalue weighted by atomic mass is 79.9. The second-order valence-electron chi connectivity index (χ2n) is 3.99. The topological polar surface area (TPSA) is 41.5 Å². The molecule has 2 aromatic carbocycles. The van der Waals surface area contributed by atoms with E-state index in [9.17, 15) is 5.11 Å². The molecule has 0 saturated carbocycles. The molecule has 0 heterocycles. The van der Waals surface area contributed by atoms with Crippen LogP contribution < -0.4 is 10.1 Å². The first-order valence-electron chi connectivity index (χ1n) is 5.65. The molecule has 5 heteroatoms. The molecule has 0 radical (unpaired) electrons. The quantitative estimate of drug-likeness (QED) is 0.863. The summed E-state index contributed by atoms with van der Waals surface area (Å²) in [5, 5.41) is 13.1. The first-order chi connectivity index (χ1) is 9.10. The van der Waals surface area contributed by atoms with Gasteiger partial charge >= 0.3 is 0 Å². The smallest absolute Gasteiger partial charge is 0.156 e. The van der Waals surface area contributed by atoms with E-state index in [0.717, 1.165) is 15.7 Å². The van der Waals surface area contributed by atoms with E-state index >= 15 is 0 Å². The van der Waals surface area contributed by atoms with E-state index in [1.165, 1.54) is 0 Å². The summed E-state index contributed by atoms with van der Waals surface area (Å²) >= 11 is 9.43. The largest absolute Gasteiger partial charge is 0.508 e. The lowest BCUT2D eigenvalue weighted by molar-refractivity contribution is 0.414. The van der Waals surface area contributed by atoms with Gasteiger partial charge in [0.15, 0.2) is 5.75 Å². The van der Waals surface area contributed by atoms with Crippen LogP contribution >= 0.6 is 27.5 Å². The maximum absolute atomic E-state index is 9.23. The molecule has 0 saturated heterocycles. The molecule has 0 spiro atoms. The van der Waals surface area contributed by atoms with Crippen molar-refractivity contribution >= 4 is 33.2 Å². The summed E-state index contributed by atoms with van der Waals surface area (Å²) in [7, 11) is 1.61. The molecule has 3 nitrogen and oxygen atoms in total. The van der Waals surface area contributed by atoms with Crippen LogP contribution in [0.3, 0.4) is 0 Å². The SMILES string of the molecule is COc1c(Br)cc(Cl)cc1NCc1ccc(O)cc1. The minimum Gasteiger partial charge on any atom is -0.508 e. The number of benzene rings is 2. The Balaban J connectivity index is 2.17. The summed E-state index contributed by atoms with van der Waals surface area (Å²) in [5.41, 5.74) is 1.87. The van der Waals surface area contributed by atoms with E-state index in [2.05, 4.69) is 21.2 Å². The number of rotatable bonds is 4. The number of anilines is 1. The van der Waals surface area contributed by atoms with Crippen molar-refractivity contribution in [2.24, 2.45) is 0 Å². The molecule has 0 amide bonds. The van der Waals surface area contributed by atoms with Gasteiger partial charge in [-0.15, -0.1) is 0 Å². The Kier molecular flexibility index (Phi) is 4.56. The maximum atomic E-state index is 9.23. The van der Waals surface area contributed by atoms with Gasteiger partial charge < -0.3 is 15.2 Å². The zero-order valence-corrected chi connectivity index (χ0v) is 12.6. The van der Waals surface area contributed by atoms with Crippen molar-refractivity contribution in [3.05, 3.63) is 51.5 Å². The van der Waals surface area contributed by atoms with E-state index in [1.807, 2.05) is 18.2 Å². The van der Waals surface area contributed by atoms with E-state index < -0.39 is 0 Å². The van der Waals surface area contributed by atoms with Gasteiger partial charge in [-0.25, -0.2) is 0 Å². The van der Waals surface area contributed by atoms with Crippen LogP contribution in [0.1, 0.15) is 5.56 Å². The lowest BCUT2D eigenvalue weighted by Crippen LogP contribution is -2.01. The second-order valence-corrected chi connectivity index (χ2v) is 5.28. The Morgan fingerprint density at radius 2 is 1.95 bits per heavy atom. The Hall–Kier alpha value is -1.39. The molecule has 0 aliphatic rings. The van der Waals surface area contributed by atoms with Crippen molar-refractivity contribution in [1.29, 1.82) is 0 Å². The Morgan fingerprint density at radius 3 is 2.58 bits per heavy atom. The van der Waals surface area contributed by atoms with Crippen LogP contribution in [0.15, 0.2) is 40.9 Å². The molecular weight excluding hydrogens is 330 g/mol. The summed E-state index contributed by atoms with van der Waals surface area (Å²) in [6.45, 7) is 0.615. The van der Waals surface area contributed by atoms with Gasteiger partial charge in [0.05, 0.1) is 17.3 Å². The van der Waals surface area contributed by atoms with Crippen LogP contribution in [-0.4, -0.2) is 12.2 Å². The van der Waals surface area contributed by atoms with E-state index in [1.54, 1.807) is 25.3 Å². The number of phenols is 1. The lowest BCUT2D eigenvalue weighted by atomic mass is 10.2. The molecule has 0 aliphatic heterocycles. The van der Waals surface area contributed by atoms with Gasteiger partial charge in [-0.3, -0.25) is 0 Å². The molecule has 0 fully saturated rings. The van der Waals surface area contributed by atoms with Gasteiger partial charge in [0.1, 0.15) is 5.75 Å². The normalized spacial score (nSPS) is 10.3. The Labute approximate surface area is 125 Å². The lowest BCUT2D eigenvalue weighted by Gasteiger charge is -2.13. The number of aromatic hydroxyl groups is 1. The number of methoxy groups -OCH3 is 1. The number of ether oxygens (including phenoxy) is 1. The van der Waals surface area contributed by atoms with Gasteiger partial charge in [0, 0.05) is 11.6 Å². The minimum atomic E-state index is 0.256. The predicted octanol–water partition coefficient (Wildman–Crippen LogP) is 4.43. The number of nitrogens with one attached hydrogen (secondary N) is 1. The third kappa shape index (κ3) is 3.55. The average Bonchev–Trinajstić information content (AvgIpc) is 2.37. The van der Waals surface area contributed by atoms with Crippen LogP contribution in [0.25, 0.3) is 0 Å². The monoisotopic (exact) mass is 341 g/mol. The van der Waals surface area contributed by atoms with Crippen LogP contribution in [0.5, 0.6) is 11.5 Å². The zero-order chi connectivity index (χ0) is 13.8. The zero-order valence-electron chi connectivity index (χ0n) is 10.3. The van der Waals surface area contributed by atoms with E-state index in [-0.39, 0.29) is 5.75 Å². The fourth-order valence-corrected chi connectivity index (χ4v) is 2.68. The van der Waals surface area contributed by atoms with Crippen LogP contribution in [0, 0.1) is 0 Å². The Bertz CT molecular complexity index is 572. The number of hydrogen-bond donors (Lipinski definition) is 2. The van der Waals surface area contributed by atoms with E-state index in [0.29, 0.717) is 17.3 Å². The van der Waals surface area contributed by atoms with Crippen molar-refractivity contribution in [3.8, 4) is 11.5 Å². The fraction of sp³-hybridized carbons (Fsp3) is 0.143. The molecule has 0 atom stereocenters. The maximum Gasteiger partial charge on any atom is 0.156 e. The summed E-state index contributed by atoms with van der Waals surface area (Å²) in [6.07, 6.45) is 0. The van der Waals surface area contributed by atoms with Crippen molar-refractivity contribution < 1.29 is 9.84 Å². The minimum absolute atomic E-state index is 0.256. The first kappa shape index (κ1) is 14.0. The highest BCUT2D eigenvalue weighted by Gasteiger charge is 2.09. The molecule has 2 rings (SSSR count). The van der Waals surface area contributed by atoms with Gasteiger partial charge in [-0.1, -0.05) is 23.7 Å². The predicted molar refractivity (Wildman–Crippen MR) is 81.1 cm³/mol. The Morgan fingerprint density at radius 1 is 1.26 bits per heavy atom. The molecule has 2 aromatic rings. The number of hydrogen-bond acceptors (Lipinski definition) is 3. The molecule has 0 bridgehead atoms. The molecule has 2 N–H and O–H groups in total. The van der Waals surface area contributed by atoms with Crippen molar-refractivity contribution in [1.82, 2.24) is 0 Å². The third-order valence-corrected chi connectivity index (χ3v) is 3.44. The summed E-state index contributed by atoms with van der Waals surface area (Å²) < 4.78 is 6.13. The van der Waals surface area contributed by atoms with Crippen LogP contribution in [0.2, 0.25) is 5.02 Å². The van der Waals surface area contributed by atoms with Gasteiger partial charge in [0.25, 0.3) is 0 Å². The number of halogens is 2. The van der Waals surface area contributed by atoms with E-state index in [4.69, 9.17) is 16.3 Å². The van der Waals surface area contributed by atoms with Crippen molar-refractivity contribution in [2.45, 2.75) is 6.54 Å². The first-order valence-corrected chi connectivity index (χ1v) is 6.82. The van der Waals surface area contributed by atoms with Crippen molar-refractivity contribution in [2.75, 3.05) is 12.4 Å². The molecule has 0 aromatic heterocycles. The molecular formula is C14H13BrClNO2. The number of phenolic OH excluding ortho intramolecular Hbond substituents is 1. The van der Waals surface area contributed by atoms with Gasteiger partial charge in [-0.2, -0.15) is 0 Å². The fourth-order valence-electron chi connectivity index (χ4n) is 1.71. The van der Waals surface area contributed by atoms with Crippen molar-refractivity contribution in [3.63, 3.8) is 0 Å². The standard InChI is InChI=1S/C14H13BrClNO2/c1-19-14-12(15)6-10(16)7-13(14)17-8-9-2-4-11(18)5-3-9/h2-7,17-18H,8H2,1H3. The molecule has 0 aliphatic carbocycles. The van der Waals surface area contributed by atoms with Crippen LogP contribution in [-0.2, 0) is 6.54 Å². The average molecular weight is 343 g/mol. The van der Waals surface area contributed by atoms with Gasteiger partial charge in [-0.05, 0) is 45.8 Å². The molecule has 0 unspecified atom stereocenters. The highest BCUT2D eigenvalue weighted by Crippen LogP contribution is 2.36. The molecule has 19 heavy (non-hydrogen) atoms. The highest BCUT2D eigenvalue weighted by molar-refractivity contribution is 9.10. The second kappa shape index (κ2) is 6.17. The summed E-state index contributed by atoms with van der Waals surface area (Å²) in [6, 6.07) is 10.6.